The van der Waals surface area contributed by atoms with E-state index in [9.17, 15) is 0 Å². The van der Waals surface area contributed by atoms with Crippen LogP contribution in [0.25, 0.3) is 0 Å². The molecule has 1 fully saturated rings. The summed E-state index contributed by atoms with van der Waals surface area (Å²) in [5.74, 6) is 8.09. The van der Waals surface area contributed by atoms with Crippen molar-refractivity contribution in [2.75, 3.05) is 5.43 Å². The van der Waals surface area contributed by atoms with Crippen molar-refractivity contribution >= 4 is 5.82 Å². The summed E-state index contributed by atoms with van der Waals surface area (Å²) in [6, 6.07) is 1.78. The van der Waals surface area contributed by atoms with E-state index in [4.69, 9.17) is 10.6 Å². The zero-order valence-corrected chi connectivity index (χ0v) is 11.9. The summed E-state index contributed by atoms with van der Waals surface area (Å²) in [7, 11) is 0. The first-order valence-electron chi connectivity index (χ1n) is 7.24. The van der Waals surface area contributed by atoms with Crippen molar-refractivity contribution in [2.45, 2.75) is 58.5 Å². The van der Waals surface area contributed by atoms with E-state index in [1.807, 2.05) is 0 Å². The lowest BCUT2D eigenvalue weighted by molar-refractivity contribution is 0.0972. The number of hydrogen-bond acceptors (Lipinski definition) is 5. The number of nitrogen functional groups attached to an aromatic ring is 1. The lowest BCUT2D eigenvalue weighted by Crippen LogP contribution is -2.28. The molecule has 0 bridgehead atoms. The second-order valence-electron chi connectivity index (χ2n) is 5.32. The maximum absolute atomic E-state index is 6.05. The van der Waals surface area contributed by atoms with E-state index in [0.717, 1.165) is 25.1 Å². The second-order valence-corrected chi connectivity index (χ2v) is 5.32. The van der Waals surface area contributed by atoms with Gasteiger partial charge in [-0.3, -0.25) is 0 Å². The van der Waals surface area contributed by atoms with E-state index in [1.165, 1.54) is 19.3 Å². The predicted molar refractivity (Wildman–Crippen MR) is 75.9 cm³/mol. The lowest BCUT2D eigenvalue weighted by atomic mass is 9.88. The number of nitrogens with zero attached hydrogens (tertiary/aromatic N) is 2. The van der Waals surface area contributed by atoms with Crippen molar-refractivity contribution in [2.24, 2.45) is 11.8 Å². The zero-order valence-electron chi connectivity index (χ0n) is 11.9. The summed E-state index contributed by atoms with van der Waals surface area (Å²) in [5.41, 5.74) is 2.58. The van der Waals surface area contributed by atoms with Crippen molar-refractivity contribution in [1.82, 2.24) is 9.97 Å². The molecule has 5 nitrogen and oxygen atoms in total. The third-order valence-electron chi connectivity index (χ3n) is 3.68. The topological polar surface area (TPSA) is 73.1 Å². The van der Waals surface area contributed by atoms with Gasteiger partial charge in [0.15, 0.2) is 0 Å². The molecule has 1 aromatic heterocycles. The van der Waals surface area contributed by atoms with E-state index < -0.39 is 0 Å². The number of nitrogens with one attached hydrogen (secondary N) is 1. The van der Waals surface area contributed by atoms with Crippen LogP contribution < -0.4 is 16.0 Å². The van der Waals surface area contributed by atoms with Crippen molar-refractivity contribution in [3.8, 4) is 5.88 Å². The SMILES string of the molecule is CCCc1nc(NN)cc(OC2CCCCC2C)n1. The smallest absolute Gasteiger partial charge is 0.219 e. The van der Waals surface area contributed by atoms with E-state index in [2.05, 4.69) is 29.2 Å². The number of hydrogen-bond donors (Lipinski definition) is 2. The van der Waals surface area contributed by atoms with Crippen molar-refractivity contribution < 1.29 is 4.74 Å². The van der Waals surface area contributed by atoms with Crippen LogP contribution in [0.1, 0.15) is 51.8 Å². The third kappa shape index (κ3) is 3.80. The van der Waals surface area contributed by atoms with Crippen molar-refractivity contribution in [3.05, 3.63) is 11.9 Å². The number of ether oxygens (including phenoxy) is 1. The Labute approximate surface area is 114 Å². The first-order valence-corrected chi connectivity index (χ1v) is 7.24. The molecule has 2 unspecified atom stereocenters. The molecule has 1 aliphatic rings. The van der Waals surface area contributed by atoms with Crippen molar-refractivity contribution in [3.63, 3.8) is 0 Å². The van der Waals surface area contributed by atoms with Crippen molar-refractivity contribution in [1.29, 1.82) is 0 Å². The standard InChI is InChI=1S/C14H24N4O/c1-3-6-12-16-13(18-15)9-14(17-12)19-11-8-5-4-7-10(11)2/h9-11H,3-8,15H2,1-2H3,(H,16,17,18). The summed E-state index contributed by atoms with van der Waals surface area (Å²) >= 11 is 0. The summed E-state index contributed by atoms with van der Waals surface area (Å²) in [4.78, 5) is 8.80. The van der Waals surface area contributed by atoms with Crippen LogP contribution in [0.3, 0.4) is 0 Å². The molecule has 0 aromatic carbocycles. The number of hydrazine groups is 1. The van der Waals surface area contributed by atoms with Gasteiger partial charge in [-0.15, -0.1) is 0 Å². The van der Waals surface area contributed by atoms with Crippen LogP contribution in [-0.4, -0.2) is 16.1 Å². The van der Waals surface area contributed by atoms with E-state index in [0.29, 0.717) is 17.6 Å². The Kier molecular flexibility index (Phi) is 4.96. The van der Waals surface area contributed by atoms with E-state index in [1.54, 1.807) is 6.07 Å². The summed E-state index contributed by atoms with van der Waals surface area (Å²) < 4.78 is 6.05. The summed E-state index contributed by atoms with van der Waals surface area (Å²) in [6.07, 6.45) is 7.01. The van der Waals surface area contributed by atoms with Gasteiger partial charge < -0.3 is 10.2 Å². The third-order valence-corrected chi connectivity index (χ3v) is 3.68. The fraction of sp³-hybridized carbons (Fsp3) is 0.714. The van der Waals surface area contributed by atoms with Gasteiger partial charge in [-0.1, -0.05) is 20.3 Å². The fourth-order valence-corrected chi connectivity index (χ4v) is 2.55. The number of anilines is 1. The van der Waals surface area contributed by atoms with E-state index in [-0.39, 0.29) is 6.10 Å². The minimum absolute atomic E-state index is 0.267. The van der Waals surface area contributed by atoms with Gasteiger partial charge in [0.05, 0.1) is 0 Å². The van der Waals surface area contributed by atoms with Gasteiger partial charge in [-0.25, -0.2) is 10.8 Å². The Balaban J connectivity index is 2.11. The minimum Gasteiger partial charge on any atom is -0.474 e. The largest absolute Gasteiger partial charge is 0.474 e. The Hall–Kier alpha value is -1.36. The minimum atomic E-state index is 0.267. The van der Waals surface area contributed by atoms with Gasteiger partial charge in [-0.2, -0.15) is 4.98 Å². The maximum Gasteiger partial charge on any atom is 0.219 e. The predicted octanol–water partition coefficient (Wildman–Crippen LogP) is 2.67. The quantitative estimate of drug-likeness (QED) is 0.632. The molecule has 5 heteroatoms. The lowest BCUT2D eigenvalue weighted by Gasteiger charge is -2.28. The Bertz CT molecular complexity index is 410. The monoisotopic (exact) mass is 264 g/mol. The second kappa shape index (κ2) is 6.70. The molecule has 0 aliphatic heterocycles. The fourth-order valence-electron chi connectivity index (χ4n) is 2.55. The molecular weight excluding hydrogens is 240 g/mol. The summed E-state index contributed by atoms with van der Waals surface area (Å²) in [6.45, 7) is 4.36. The molecule has 1 aliphatic carbocycles. The average Bonchev–Trinajstić information content (AvgIpc) is 2.41. The van der Waals surface area contributed by atoms with Crippen LogP contribution in [0.5, 0.6) is 5.88 Å². The van der Waals surface area contributed by atoms with Crippen LogP contribution in [0.15, 0.2) is 6.07 Å². The highest BCUT2D eigenvalue weighted by molar-refractivity contribution is 5.37. The average molecular weight is 264 g/mol. The molecular formula is C14H24N4O. The van der Waals surface area contributed by atoms with Crippen LogP contribution in [0.4, 0.5) is 5.82 Å². The van der Waals surface area contributed by atoms with Gasteiger partial charge in [0.1, 0.15) is 17.7 Å². The number of nitrogens with two attached hydrogens (primary N) is 1. The molecule has 1 heterocycles. The van der Waals surface area contributed by atoms with Gasteiger partial charge >= 0.3 is 0 Å². The van der Waals surface area contributed by atoms with Gasteiger partial charge in [0.2, 0.25) is 5.88 Å². The van der Waals surface area contributed by atoms with Crippen LogP contribution in [0, 0.1) is 5.92 Å². The number of rotatable bonds is 5. The first kappa shape index (κ1) is 14.1. The molecule has 106 valence electrons. The highest BCUT2D eigenvalue weighted by Gasteiger charge is 2.23. The van der Waals surface area contributed by atoms with Gasteiger partial charge in [0.25, 0.3) is 0 Å². The normalized spacial score (nSPS) is 23.1. The first-order chi connectivity index (χ1) is 9.22. The molecule has 3 N–H and O–H groups in total. The molecule has 0 spiro atoms. The highest BCUT2D eigenvalue weighted by Crippen LogP contribution is 2.28. The molecule has 0 amide bonds. The maximum atomic E-state index is 6.05. The molecule has 0 radical (unpaired) electrons. The van der Waals surface area contributed by atoms with Crippen LogP contribution in [-0.2, 0) is 6.42 Å². The Morgan fingerprint density at radius 3 is 2.84 bits per heavy atom. The Morgan fingerprint density at radius 1 is 1.37 bits per heavy atom. The van der Waals surface area contributed by atoms with Gasteiger partial charge in [-0.05, 0) is 31.6 Å². The number of aryl methyl sites for hydroxylation is 1. The van der Waals surface area contributed by atoms with Crippen LogP contribution in [0.2, 0.25) is 0 Å². The summed E-state index contributed by atoms with van der Waals surface area (Å²) in [5, 5.41) is 0. The van der Waals surface area contributed by atoms with Crippen LogP contribution >= 0.6 is 0 Å². The number of aromatic nitrogens is 2. The molecule has 2 rings (SSSR count). The van der Waals surface area contributed by atoms with E-state index >= 15 is 0 Å². The Morgan fingerprint density at radius 2 is 2.16 bits per heavy atom. The zero-order chi connectivity index (χ0) is 13.7. The molecule has 1 saturated carbocycles. The molecule has 1 aromatic rings. The molecule has 0 saturated heterocycles. The van der Waals surface area contributed by atoms with Gasteiger partial charge in [0, 0.05) is 12.5 Å². The molecule has 2 atom stereocenters. The highest BCUT2D eigenvalue weighted by atomic mass is 16.5. The molecule has 19 heavy (non-hydrogen) atoms.